The minimum absolute atomic E-state index is 0.339. The van der Waals surface area contributed by atoms with Crippen molar-refractivity contribution in [3.8, 4) is 16.9 Å². The zero-order valence-electron chi connectivity index (χ0n) is 18.6. The number of hydrogen-bond acceptors (Lipinski definition) is 5. The summed E-state index contributed by atoms with van der Waals surface area (Å²) in [5.74, 6) is 0.106. The number of benzene rings is 2. The molecule has 0 amide bonds. The molecule has 2 aromatic carbocycles. The number of anilines is 1. The molecule has 2 N–H and O–H groups in total. The van der Waals surface area contributed by atoms with E-state index in [9.17, 15) is 9.90 Å². The Bertz CT molecular complexity index is 990. The van der Waals surface area contributed by atoms with Crippen LogP contribution < -0.4 is 10.1 Å². The first-order valence-corrected chi connectivity index (χ1v) is 11.6. The molecule has 0 bridgehead atoms. The Morgan fingerprint density at radius 2 is 1.84 bits per heavy atom. The zero-order chi connectivity index (χ0) is 22.1. The molecule has 32 heavy (non-hydrogen) atoms. The highest BCUT2D eigenvalue weighted by Gasteiger charge is 2.40. The van der Waals surface area contributed by atoms with Gasteiger partial charge in [0.05, 0.1) is 18.8 Å². The van der Waals surface area contributed by atoms with Gasteiger partial charge in [-0.05, 0) is 73.1 Å². The van der Waals surface area contributed by atoms with E-state index in [4.69, 9.17) is 14.2 Å². The minimum atomic E-state index is -0.998. The molecule has 0 spiro atoms. The van der Waals surface area contributed by atoms with Crippen LogP contribution in [0.2, 0.25) is 0 Å². The van der Waals surface area contributed by atoms with Crippen molar-refractivity contribution in [1.82, 2.24) is 0 Å². The van der Waals surface area contributed by atoms with Crippen LogP contribution in [0.1, 0.15) is 49.7 Å². The molecule has 0 radical (unpaired) electrons. The molecular weight excluding hydrogens is 406 g/mol. The van der Waals surface area contributed by atoms with Gasteiger partial charge in [-0.25, -0.2) is 4.79 Å². The van der Waals surface area contributed by atoms with Gasteiger partial charge in [0.1, 0.15) is 11.3 Å². The lowest BCUT2D eigenvalue weighted by atomic mass is 9.89. The van der Waals surface area contributed by atoms with E-state index in [1.807, 2.05) is 24.3 Å². The lowest BCUT2D eigenvalue weighted by Crippen LogP contribution is -2.50. The minimum Gasteiger partial charge on any atom is -0.490 e. The average Bonchev–Trinajstić information content (AvgIpc) is 3.71. The molecule has 6 nitrogen and oxygen atoms in total. The van der Waals surface area contributed by atoms with Gasteiger partial charge in [-0.15, -0.1) is 0 Å². The van der Waals surface area contributed by atoms with Gasteiger partial charge >= 0.3 is 5.97 Å². The maximum atomic E-state index is 12.1. The van der Waals surface area contributed by atoms with Gasteiger partial charge < -0.3 is 24.6 Å². The molecule has 1 heterocycles. The summed E-state index contributed by atoms with van der Waals surface area (Å²) in [6.07, 6.45) is 6.04. The van der Waals surface area contributed by atoms with Gasteiger partial charge in [0, 0.05) is 31.7 Å². The Labute approximate surface area is 188 Å². The molecule has 0 unspecified atom stereocenters. The molecule has 0 atom stereocenters. The summed E-state index contributed by atoms with van der Waals surface area (Å²) in [5, 5.41) is 13.2. The second-order valence-corrected chi connectivity index (χ2v) is 9.25. The number of ether oxygens (including phenoxy) is 3. The van der Waals surface area contributed by atoms with E-state index in [1.165, 1.54) is 0 Å². The van der Waals surface area contributed by atoms with Gasteiger partial charge in [-0.1, -0.05) is 18.2 Å². The Hall–Kier alpha value is -2.57. The van der Waals surface area contributed by atoms with Crippen LogP contribution in [-0.4, -0.2) is 42.0 Å². The second-order valence-electron chi connectivity index (χ2n) is 9.25. The van der Waals surface area contributed by atoms with E-state index in [0.717, 1.165) is 59.4 Å². The summed E-state index contributed by atoms with van der Waals surface area (Å²) in [6.45, 7) is 3.50. The van der Waals surface area contributed by atoms with Gasteiger partial charge in [0.25, 0.3) is 0 Å². The maximum Gasteiger partial charge on any atom is 0.329 e. The highest BCUT2D eigenvalue weighted by molar-refractivity contribution is 5.83. The number of carboxylic acid groups (broad SMARTS) is 1. The van der Waals surface area contributed by atoms with E-state index in [1.54, 1.807) is 0 Å². The van der Waals surface area contributed by atoms with Crippen LogP contribution in [0.5, 0.6) is 5.75 Å². The molecule has 5 rings (SSSR count). The molecule has 170 valence electrons. The van der Waals surface area contributed by atoms with Crippen molar-refractivity contribution in [2.45, 2.75) is 69.8 Å². The van der Waals surface area contributed by atoms with Gasteiger partial charge in [0.15, 0.2) is 0 Å². The lowest BCUT2D eigenvalue weighted by Gasteiger charge is -2.35. The van der Waals surface area contributed by atoms with Crippen LogP contribution in [0.4, 0.5) is 5.69 Å². The van der Waals surface area contributed by atoms with Crippen molar-refractivity contribution >= 4 is 11.7 Å². The summed E-state index contributed by atoms with van der Waals surface area (Å²) in [7, 11) is 0. The molecule has 6 heteroatoms. The van der Waals surface area contributed by atoms with Crippen LogP contribution in [0, 0.1) is 6.92 Å². The highest BCUT2D eigenvalue weighted by Crippen LogP contribution is 2.38. The average molecular weight is 438 g/mol. The predicted molar refractivity (Wildman–Crippen MR) is 122 cm³/mol. The van der Waals surface area contributed by atoms with Crippen molar-refractivity contribution in [2.24, 2.45) is 0 Å². The third kappa shape index (κ3) is 4.62. The van der Waals surface area contributed by atoms with Crippen LogP contribution in [0.3, 0.4) is 0 Å². The van der Waals surface area contributed by atoms with E-state index in [0.29, 0.717) is 44.9 Å². The van der Waals surface area contributed by atoms with Gasteiger partial charge in [-0.3, -0.25) is 0 Å². The second kappa shape index (κ2) is 8.75. The molecule has 1 saturated heterocycles. The largest absolute Gasteiger partial charge is 0.490 e. The quantitative estimate of drug-likeness (QED) is 0.579. The topological polar surface area (TPSA) is 77.0 Å². The molecule has 3 aliphatic rings. The van der Waals surface area contributed by atoms with Crippen LogP contribution in [-0.2, 0) is 20.9 Å². The number of carbonyl (C=O) groups is 1. The van der Waals surface area contributed by atoms with Gasteiger partial charge in [-0.2, -0.15) is 0 Å². The summed E-state index contributed by atoms with van der Waals surface area (Å²) in [6, 6.07) is 12.3. The fourth-order valence-corrected chi connectivity index (χ4v) is 4.28. The predicted octanol–water partition coefficient (Wildman–Crippen LogP) is 4.93. The Morgan fingerprint density at radius 3 is 2.53 bits per heavy atom. The zero-order valence-corrected chi connectivity index (χ0v) is 18.6. The number of hydrogen-bond donors (Lipinski definition) is 2. The van der Waals surface area contributed by atoms with Crippen LogP contribution in [0.25, 0.3) is 11.1 Å². The molecule has 2 aromatic rings. The van der Waals surface area contributed by atoms with Crippen molar-refractivity contribution in [3.63, 3.8) is 0 Å². The monoisotopic (exact) mass is 437 g/mol. The lowest BCUT2D eigenvalue weighted by molar-refractivity contribution is -0.145. The Balaban J connectivity index is 1.47. The smallest absolute Gasteiger partial charge is 0.329 e. The van der Waals surface area contributed by atoms with E-state index < -0.39 is 11.5 Å². The third-order valence-electron chi connectivity index (χ3n) is 6.64. The molecule has 1 aliphatic heterocycles. The molecule has 2 aliphatic carbocycles. The number of carboxylic acids is 1. The third-order valence-corrected chi connectivity index (χ3v) is 6.64. The standard InChI is InChI=1S/C26H31NO5/c1-17-22(3-2-4-24(17)32-21-8-9-21)23-10-5-19(15-18(23)16-31-20-6-7-20)27-26(25(28)29)11-13-30-14-12-26/h2-5,10,15,20-21,27H,6-9,11-14,16H2,1H3,(H,28,29). The Morgan fingerprint density at radius 1 is 1.09 bits per heavy atom. The molecule has 3 fully saturated rings. The molecular formula is C26H31NO5. The maximum absolute atomic E-state index is 12.1. The van der Waals surface area contributed by atoms with Crippen molar-refractivity contribution in [1.29, 1.82) is 0 Å². The first-order chi connectivity index (χ1) is 15.5. The van der Waals surface area contributed by atoms with Crippen molar-refractivity contribution < 1.29 is 24.1 Å². The normalized spacial score (nSPS) is 20.0. The highest BCUT2D eigenvalue weighted by atomic mass is 16.5. The number of rotatable bonds is 9. The number of aliphatic carboxylic acids is 1. The van der Waals surface area contributed by atoms with Crippen molar-refractivity contribution in [2.75, 3.05) is 18.5 Å². The van der Waals surface area contributed by atoms with E-state index in [-0.39, 0.29) is 0 Å². The van der Waals surface area contributed by atoms with Gasteiger partial charge in [0.2, 0.25) is 0 Å². The Kier molecular flexibility index (Phi) is 5.82. The molecule has 2 saturated carbocycles. The van der Waals surface area contributed by atoms with Crippen LogP contribution >= 0.6 is 0 Å². The molecule has 0 aromatic heterocycles. The summed E-state index contributed by atoms with van der Waals surface area (Å²) in [5.41, 5.74) is 4.22. The first kappa shape index (κ1) is 21.3. The summed E-state index contributed by atoms with van der Waals surface area (Å²) < 4.78 is 17.6. The summed E-state index contributed by atoms with van der Waals surface area (Å²) >= 11 is 0. The van der Waals surface area contributed by atoms with Crippen molar-refractivity contribution in [3.05, 3.63) is 47.5 Å². The number of nitrogens with one attached hydrogen (secondary N) is 1. The van der Waals surface area contributed by atoms with E-state index in [2.05, 4.69) is 24.4 Å². The summed E-state index contributed by atoms with van der Waals surface area (Å²) in [4.78, 5) is 12.1. The first-order valence-electron chi connectivity index (χ1n) is 11.6. The fourth-order valence-electron chi connectivity index (χ4n) is 4.28. The van der Waals surface area contributed by atoms with E-state index >= 15 is 0 Å². The van der Waals surface area contributed by atoms with Crippen LogP contribution in [0.15, 0.2) is 36.4 Å². The fraction of sp³-hybridized carbons (Fsp3) is 0.500. The SMILES string of the molecule is Cc1c(OC2CC2)cccc1-c1ccc(NC2(C(=O)O)CCOCC2)cc1COC1CC1.